The lowest BCUT2D eigenvalue weighted by Gasteiger charge is -2.24. The standard InChI is InChI=1S/C12H18N2O2/c1-11(16)3-2-7-14(8-6-11)10(15)12(9-13)4-5-12/h16H,2-8H2,1H3. The highest BCUT2D eigenvalue weighted by atomic mass is 16.3. The Labute approximate surface area is 95.9 Å². The van der Waals surface area contributed by atoms with Crippen molar-refractivity contribution in [1.29, 1.82) is 5.26 Å². The lowest BCUT2D eigenvalue weighted by molar-refractivity contribution is -0.135. The van der Waals surface area contributed by atoms with E-state index in [9.17, 15) is 9.90 Å². The van der Waals surface area contributed by atoms with E-state index in [2.05, 4.69) is 6.07 Å². The Morgan fingerprint density at radius 3 is 2.56 bits per heavy atom. The van der Waals surface area contributed by atoms with Crippen LogP contribution < -0.4 is 0 Å². The number of aliphatic hydroxyl groups is 1. The van der Waals surface area contributed by atoms with Gasteiger partial charge >= 0.3 is 0 Å². The third-order valence-electron chi connectivity index (χ3n) is 3.72. The second-order valence-electron chi connectivity index (χ2n) is 5.34. The Bertz CT molecular complexity index is 339. The molecule has 1 atom stereocenters. The molecule has 1 aliphatic carbocycles. The minimum Gasteiger partial charge on any atom is -0.390 e. The maximum absolute atomic E-state index is 12.1. The number of hydrogen-bond acceptors (Lipinski definition) is 3. The van der Waals surface area contributed by atoms with Crippen molar-refractivity contribution < 1.29 is 9.90 Å². The van der Waals surface area contributed by atoms with Crippen LogP contribution in [0.4, 0.5) is 0 Å². The molecule has 1 amide bonds. The average Bonchev–Trinajstić information content (AvgIpc) is 3.02. The van der Waals surface area contributed by atoms with Crippen molar-refractivity contribution in [3.8, 4) is 6.07 Å². The van der Waals surface area contributed by atoms with E-state index in [1.807, 2.05) is 6.92 Å². The summed E-state index contributed by atoms with van der Waals surface area (Å²) in [5.74, 6) is -0.0206. The Morgan fingerprint density at radius 1 is 1.31 bits per heavy atom. The fourth-order valence-electron chi connectivity index (χ4n) is 2.27. The number of carbonyl (C=O) groups is 1. The summed E-state index contributed by atoms with van der Waals surface area (Å²) in [5, 5.41) is 18.9. The fraction of sp³-hybridized carbons (Fsp3) is 0.833. The highest BCUT2D eigenvalue weighted by Crippen LogP contribution is 2.46. The van der Waals surface area contributed by atoms with Crippen LogP contribution in [0.3, 0.4) is 0 Å². The number of amides is 1. The molecule has 0 radical (unpaired) electrons. The van der Waals surface area contributed by atoms with Crippen LogP contribution >= 0.6 is 0 Å². The van der Waals surface area contributed by atoms with E-state index in [1.165, 1.54) is 0 Å². The van der Waals surface area contributed by atoms with Crippen LogP contribution in [-0.2, 0) is 4.79 Å². The first-order chi connectivity index (χ1) is 7.49. The van der Waals surface area contributed by atoms with Crippen molar-refractivity contribution in [1.82, 2.24) is 4.90 Å². The lowest BCUT2D eigenvalue weighted by Crippen LogP contribution is -2.38. The summed E-state index contributed by atoms with van der Waals surface area (Å²) in [6, 6.07) is 2.14. The second-order valence-corrected chi connectivity index (χ2v) is 5.34. The Morgan fingerprint density at radius 2 is 2.00 bits per heavy atom. The zero-order valence-electron chi connectivity index (χ0n) is 9.70. The molecule has 1 saturated carbocycles. The van der Waals surface area contributed by atoms with Gasteiger partial charge in [0.1, 0.15) is 5.41 Å². The third kappa shape index (κ3) is 2.05. The molecule has 0 bridgehead atoms. The van der Waals surface area contributed by atoms with Crippen LogP contribution in [0.1, 0.15) is 39.0 Å². The van der Waals surface area contributed by atoms with Crippen molar-refractivity contribution in [2.75, 3.05) is 13.1 Å². The summed E-state index contributed by atoms with van der Waals surface area (Å²) in [5.41, 5.74) is -1.37. The molecule has 88 valence electrons. The summed E-state index contributed by atoms with van der Waals surface area (Å²) in [6.45, 7) is 3.08. The molecule has 2 aliphatic rings. The van der Waals surface area contributed by atoms with Crippen LogP contribution in [0.15, 0.2) is 0 Å². The van der Waals surface area contributed by atoms with Gasteiger partial charge in [-0.05, 0) is 39.0 Å². The molecule has 4 nitrogen and oxygen atoms in total. The molecule has 0 aromatic carbocycles. The first kappa shape index (κ1) is 11.4. The monoisotopic (exact) mass is 222 g/mol. The van der Waals surface area contributed by atoms with Crippen molar-refractivity contribution in [3.63, 3.8) is 0 Å². The number of hydrogen-bond donors (Lipinski definition) is 1. The molecule has 0 spiro atoms. The largest absolute Gasteiger partial charge is 0.390 e. The van der Waals surface area contributed by atoms with E-state index < -0.39 is 11.0 Å². The van der Waals surface area contributed by atoms with E-state index in [-0.39, 0.29) is 5.91 Å². The summed E-state index contributed by atoms with van der Waals surface area (Å²) in [7, 11) is 0. The Balaban J connectivity index is 2.01. The van der Waals surface area contributed by atoms with Crippen LogP contribution in [-0.4, -0.2) is 34.6 Å². The maximum atomic E-state index is 12.1. The first-order valence-corrected chi connectivity index (χ1v) is 5.92. The molecular formula is C12H18N2O2. The predicted octanol–water partition coefficient (Wildman–Crippen LogP) is 1.05. The van der Waals surface area contributed by atoms with Gasteiger partial charge in [-0.25, -0.2) is 0 Å². The molecule has 1 heterocycles. The highest BCUT2D eigenvalue weighted by molar-refractivity contribution is 5.88. The van der Waals surface area contributed by atoms with Crippen LogP contribution in [0.25, 0.3) is 0 Å². The molecule has 1 saturated heterocycles. The lowest BCUT2D eigenvalue weighted by atomic mass is 9.98. The van der Waals surface area contributed by atoms with Crippen molar-refractivity contribution in [3.05, 3.63) is 0 Å². The molecule has 2 rings (SSSR count). The van der Waals surface area contributed by atoms with Gasteiger partial charge in [0.15, 0.2) is 0 Å². The van der Waals surface area contributed by atoms with Gasteiger partial charge in [-0.15, -0.1) is 0 Å². The summed E-state index contributed by atoms with van der Waals surface area (Å²) < 4.78 is 0. The van der Waals surface area contributed by atoms with Gasteiger partial charge in [0.2, 0.25) is 5.91 Å². The van der Waals surface area contributed by atoms with E-state index in [0.717, 1.165) is 12.8 Å². The third-order valence-corrected chi connectivity index (χ3v) is 3.72. The van der Waals surface area contributed by atoms with Gasteiger partial charge in [0.05, 0.1) is 11.7 Å². The van der Waals surface area contributed by atoms with E-state index in [4.69, 9.17) is 5.26 Å². The molecule has 2 fully saturated rings. The number of nitrogens with zero attached hydrogens (tertiary/aromatic N) is 2. The Hall–Kier alpha value is -1.08. The smallest absolute Gasteiger partial charge is 0.243 e. The van der Waals surface area contributed by atoms with Gasteiger partial charge in [0, 0.05) is 13.1 Å². The molecular weight excluding hydrogens is 204 g/mol. The first-order valence-electron chi connectivity index (χ1n) is 5.92. The van der Waals surface area contributed by atoms with Crippen molar-refractivity contribution >= 4 is 5.91 Å². The van der Waals surface area contributed by atoms with E-state index in [0.29, 0.717) is 32.4 Å². The predicted molar refractivity (Wildman–Crippen MR) is 58.3 cm³/mol. The van der Waals surface area contributed by atoms with Crippen LogP contribution in [0.5, 0.6) is 0 Å². The van der Waals surface area contributed by atoms with Crippen molar-refractivity contribution in [2.24, 2.45) is 5.41 Å². The molecule has 0 aromatic heterocycles. The van der Waals surface area contributed by atoms with Gasteiger partial charge < -0.3 is 10.0 Å². The van der Waals surface area contributed by atoms with E-state index >= 15 is 0 Å². The fourth-order valence-corrected chi connectivity index (χ4v) is 2.27. The van der Waals surface area contributed by atoms with Crippen molar-refractivity contribution in [2.45, 2.75) is 44.6 Å². The quantitative estimate of drug-likeness (QED) is 0.721. The van der Waals surface area contributed by atoms with Crippen LogP contribution in [0, 0.1) is 16.7 Å². The molecule has 1 aliphatic heterocycles. The molecule has 0 aromatic rings. The zero-order chi connectivity index (χ0) is 11.8. The van der Waals surface area contributed by atoms with Gasteiger partial charge in [-0.2, -0.15) is 5.26 Å². The number of likely N-dealkylation sites (tertiary alicyclic amines) is 1. The van der Waals surface area contributed by atoms with Gasteiger partial charge in [-0.1, -0.05) is 0 Å². The highest BCUT2D eigenvalue weighted by Gasteiger charge is 2.52. The SMILES string of the molecule is CC1(O)CCCN(C(=O)C2(C#N)CC2)CC1. The molecule has 1 N–H and O–H groups in total. The Kier molecular flexibility index (Phi) is 2.67. The summed E-state index contributed by atoms with van der Waals surface area (Å²) in [6.07, 6.45) is 3.57. The average molecular weight is 222 g/mol. The van der Waals surface area contributed by atoms with Gasteiger partial charge in [0.25, 0.3) is 0 Å². The minimum atomic E-state index is -0.712. The number of nitriles is 1. The molecule has 4 heteroatoms. The normalized spacial score (nSPS) is 32.7. The number of rotatable bonds is 1. The molecule has 1 unspecified atom stereocenters. The topological polar surface area (TPSA) is 64.3 Å². The molecule has 16 heavy (non-hydrogen) atoms. The summed E-state index contributed by atoms with van der Waals surface area (Å²) >= 11 is 0. The van der Waals surface area contributed by atoms with Crippen LogP contribution in [0.2, 0.25) is 0 Å². The zero-order valence-corrected chi connectivity index (χ0v) is 9.70. The van der Waals surface area contributed by atoms with E-state index in [1.54, 1.807) is 4.90 Å². The maximum Gasteiger partial charge on any atom is 0.243 e. The second kappa shape index (κ2) is 3.74. The number of carbonyl (C=O) groups excluding carboxylic acids is 1. The summed E-state index contributed by atoms with van der Waals surface area (Å²) in [4.78, 5) is 13.9. The van der Waals surface area contributed by atoms with Gasteiger partial charge in [-0.3, -0.25) is 4.79 Å². The minimum absolute atomic E-state index is 0.0206.